The average molecular weight is 285 g/mol. The van der Waals surface area contributed by atoms with Crippen molar-refractivity contribution >= 4 is 11.6 Å². The Kier molecular flexibility index (Phi) is 3.91. The lowest BCUT2D eigenvalue weighted by atomic mass is 10.00. The quantitative estimate of drug-likeness (QED) is 0.875. The van der Waals surface area contributed by atoms with Crippen LogP contribution in [-0.4, -0.2) is 41.7 Å². The molecule has 1 saturated heterocycles. The molecule has 0 aromatic heterocycles. The molecule has 1 aliphatic carbocycles. The minimum atomic E-state index is -0.193. The second-order valence-electron chi connectivity index (χ2n) is 6.00. The molecule has 0 radical (unpaired) electrons. The van der Waals surface area contributed by atoms with Gasteiger partial charge in [-0.05, 0) is 43.0 Å². The molecule has 21 heavy (non-hydrogen) atoms. The maximum atomic E-state index is 12.0. The number of aliphatic hydroxyl groups excluding tert-OH is 1. The predicted octanol–water partition coefficient (Wildman–Crippen LogP) is 1.20. The van der Waals surface area contributed by atoms with Crippen LogP contribution in [0.4, 0.5) is 5.69 Å². The molecular weight excluding hydrogens is 266 g/mol. The number of hydrogen-bond acceptors (Lipinski definition) is 4. The van der Waals surface area contributed by atoms with Crippen molar-refractivity contribution in [2.24, 2.45) is 11.8 Å². The fourth-order valence-electron chi connectivity index (χ4n) is 3.49. The van der Waals surface area contributed by atoms with Gasteiger partial charge in [0.25, 0.3) is 0 Å². The van der Waals surface area contributed by atoms with Gasteiger partial charge in [0.05, 0.1) is 24.3 Å². The predicted molar refractivity (Wildman–Crippen MR) is 78.4 cm³/mol. The third-order valence-corrected chi connectivity index (χ3v) is 4.56. The third-order valence-electron chi connectivity index (χ3n) is 4.56. The summed E-state index contributed by atoms with van der Waals surface area (Å²) in [6.45, 7) is 2.08. The number of likely N-dealkylation sites (tertiary alicyclic amines) is 1. The van der Waals surface area contributed by atoms with Gasteiger partial charge in [-0.1, -0.05) is 0 Å². The van der Waals surface area contributed by atoms with E-state index in [0.717, 1.165) is 25.9 Å². The average Bonchev–Trinajstić information content (AvgIpc) is 3.02. The van der Waals surface area contributed by atoms with Gasteiger partial charge < -0.3 is 10.4 Å². The summed E-state index contributed by atoms with van der Waals surface area (Å²) in [5, 5.41) is 21.5. The van der Waals surface area contributed by atoms with Crippen molar-refractivity contribution in [3.8, 4) is 6.07 Å². The molecule has 2 aliphatic rings. The van der Waals surface area contributed by atoms with Gasteiger partial charge in [-0.2, -0.15) is 5.26 Å². The minimum absolute atomic E-state index is 0.0471. The number of fused-ring (bicyclic) bond motifs is 1. The van der Waals surface area contributed by atoms with Crippen molar-refractivity contribution in [1.82, 2.24) is 4.90 Å². The highest BCUT2D eigenvalue weighted by atomic mass is 16.3. The van der Waals surface area contributed by atoms with E-state index < -0.39 is 0 Å². The van der Waals surface area contributed by atoms with Gasteiger partial charge >= 0.3 is 0 Å². The van der Waals surface area contributed by atoms with Gasteiger partial charge in [0.1, 0.15) is 0 Å². The number of benzene rings is 1. The smallest absolute Gasteiger partial charge is 0.238 e. The number of nitriles is 1. The minimum Gasteiger partial charge on any atom is -0.393 e. The molecule has 0 spiro atoms. The number of amides is 1. The van der Waals surface area contributed by atoms with Crippen LogP contribution in [0.25, 0.3) is 0 Å². The second kappa shape index (κ2) is 5.84. The number of anilines is 1. The first-order chi connectivity index (χ1) is 10.2. The fraction of sp³-hybridized carbons (Fsp3) is 0.500. The molecular formula is C16H19N3O2. The Morgan fingerprint density at radius 1 is 1.33 bits per heavy atom. The summed E-state index contributed by atoms with van der Waals surface area (Å²) in [5.74, 6) is 0.838. The van der Waals surface area contributed by atoms with E-state index in [4.69, 9.17) is 5.26 Å². The number of hydrogen-bond donors (Lipinski definition) is 2. The molecule has 2 N–H and O–H groups in total. The standard InChI is InChI=1S/C16H19N3O2/c17-7-11-1-4-13(5-2-11)18-16(21)10-19-8-12-3-6-15(20)14(12)9-19/h1-2,4-5,12,14-15,20H,3,6,8-10H2,(H,18,21). The van der Waals surface area contributed by atoms with Crippen molar-refractivity contribution in [1.29, 1.82) is 5.26 Å². The van der Waals surface area contributed by atoms with Gasteiger partial charge in [0.2, 0.25) is 5.91 Å². The molecule has 2 fully saturated rings. The van der Waals surface area contributed by atoms with E-state index in [-0.39, 0.29) is 12.0 Å². The summed E-state index contributed by atoms with van der Waals surface area (Å²) < 4.78 is 0. The van der Waals surface area contributed by atoms with Crippen LogP contribution < -0.4 is 5.32 Å². The Bertz CT molecular complexity index is 564. The van der Waals surface area contributed by atoms with Crippen LogP contribution in [0.5, 0.6) is 0 Å². The van der Waals surface area contributed by atoms with Crippen LogP contribution in [0.2, 0.25) is 0 Å². The van der Waals surface area contributed by atoms with Crippen LogP contribution in [0.15, 0.2) is 24.3 Å². The van der Waals surface area contributed by atoms with Crippen LogP contribution >= 0.6 is 0 Å². The largest absolute Gasteiger partial charge is 0.393 e. The highest BCUT2D eigenvalue weighted by Gasteiger charge is 2.41. The van der Waals surface area contributed by atoms with Crippen LogP contribution in [-0.2, 0) is 4.79 Å². The molecule has 1 heterocycles. The monoisotopic (exact) mass is 285 g/mol. The van der Waals surface area contributed by atoms with Crippen molar-refractivity contribution in [3.63, 3.8) is 0 Å². The van der Waals surface area contributed by atoms with Gasteiger partial charge in [-0.15, -0.1) is 0 Å². The normalized spacial score (nSPS) is 28.1. The molecule has 3 atom stereocenters. The first-order valence-electron chi connectivity index (χ1n) is 7.36. The number of rotatable bonds is 3. The number of aliphatic hydroxyl groups is 1. The van der Waals surface area contributed by atoms with Crippen molar-refractivity contribution in [2.45, 2.75) is 18.9 Å². The Morgan fingerprint density at radius 3 is 2.76 bits per heavy atom. The summed E-state index contributed by atoms with van der Waals surface area (Å²) in [6.07, 6.45) is 1.78. The van der Waals surface area contributed by atoms with E-state index >= 15 is 0 Å². The molecule has 1 aromatic carbocycles. The van der Waals surface area contributed by atoms with Gasteiger partial charge in [0, 0.05) is 24.7 Å². The molecule has 1 aliphatic heterocycles. The topological polar surface area (TPSA) is 76.4 Å². The van der Waals surface area contributed by atoms with E-state index in [1.54, 1.807) is 24.3 Å². The van der Waals surface area contributed by atoms with Gasteiger partial charge in [-0.25, -0.2) is 0 Å². The Morgan fingerprint density at radius 2 is 2.10 bits per heavy atom. The fourth-order valence-corrected chi connectivity index (χ4v) is 3.49. The van der Waals surface area contributed by atoms with Crippen molar-refractivity contribution < 1.29 is 9.90 Å². The molecule has 5 heteroatoms. The molecule has 1 aromatic rings. The number of carbonyl (C=O) groups excluding carboxylic acids is 1. The maximum Gasteiger partial charge on any atom is 0.238 e. The second-order valence-corrected chi connectivity index (χ2v) is 6.00. The van der Waals surface area contributed by atoms with E-state index in [9.17, 15) is 9.90 Å². The van der Waals surface area contributed by atoms with Crippen molar-refractivity contribution in [3.05, 3.63) is 29.8 Å². The SMILES string of the molecule is N#Cc1ccc(NC(=O)CN2CC3CCC(O)C3C2)cc1. The Hall–Kier alpha value is -1.90. The van der Waals surface area contributed by atoms with Crippen LogP contribution in [0.1, 0.15) is 18.4 Å². The van der Waals surface area contributed by atoms with E-state index in [2.05, 4.69) is 10.2 Å². The zero-order valence-corrected chi connectivity index (χ0v) is 11.8. The van der Waals surface area contributed by atoms with Gasteiger partial charge in [-0.3, -0.25) is 9.69 Å². The molecule has 110 valence electrons. The Balaban J connectivity index is 1.52. The zero-order valence-electron chi connectivity index (χ0n) is 11.8. The first kappa shape index (κ1) is 14.1. The first-order valence-corrected chi connectivity index (χ1v) is 7.36. The van der Waals surface area contributed by atoms with Crippen LogP contribution in [0, 0.1) is 23.2 Å². The Labute approximate surface area is 124 Å². The lowest BCUT2D eigenvalue weighted by Gasteiger charge is -2.17. The highest BCUT2D eigenvalue weighted by Crippen LogP contribution is 2.37. The summed E-state index contributed by atoms with van der Waals surface area (Å²) in [6, 6.07) is 8.89. The summed E-state index contributed by atoms with van der Waals surface area (Å²) in [7, 11) is 0. The number of nitrogens with one attached hydrogen (secondary N) is 1. The zero-order chi connectivity index (χ0) is 14.8. The maximum absolute atomic E-state index is 12.0. The highest BCUT2D eigenvalue weighted by molar-refractivity contribution is 5.92. The summed E-state index contributed by atoms with van der Waals surface area (Å²) in [4.78, 5) is 14.2. The van der Waals surface area contributed by atoms with Crippen molar-refractivity contribution in [2.75, 3.05) is 25.0 Å². The van der Waals surface area contributed by atoms with Gasteiger partial charge in [0.15, 0.2) is 0 Å². The van der Waals surface area contributed by atoms with E-state index in [1.165, 1.54) is 0 Å². The molecule has 1 amide bonds. The molecule has 1 saturated carbocycles. The van der Waals surface area contributed by atoms with Crippen LogP contribution in [0.3, 0.4) is 0 Å². The van der Waals surface area contributed by atoms with E-state index in [1.807, 2.05) is 6.07 Å². The molecule has 5 nitrogen and oxygen atoms in total. The molecule has 0 bridgehead atoms. The summed E-state index contributed by atoms with van der Waals surface area (Å²) in [5.41, 5.74) is 1.28. The summed E-state index contributed by atoms with van der Waals surface area (Å²) >= 11 is 0. The third kappa shape index (κ3) is 3.07. The lowest BCUT2D eigenvalue weighted by Crippen LogP contribution is -2.33. The lowest BCUT2D eigenvalue weighted by molar-refractivity contribution is -0.117. The number of nitrogens with zero attached hydrogens (tertiary/aromatic N) is 2. The van der Waals surface area contributed by atoms with E-state index in [0.29, 0.717) is 29.6 Å². The molecule has 3 rings (SSSR count). The molecule has 3 unspecified atom stereocenters. The number of carbonyl (C=O) groups is 1.